The normalized spacial score (nSPS) is 10.4. The van der Waals surface area contributed by atoms with Gasteiger partial charge in [-0.05, 0) is 29.8 Å². The Balaban J connectivity index is 2.50. The van der Waals surface area contributed by atoms with Gasteiger partial charge in [0.15, 0.2) is 0 Å². The van der Waals surface area contributed by atoms with Crippen molar-refractivity contribution in [1.29, 1.82) is 0 Å². The minimum Gasteiger partial charge on any atom is -0.475 e. The number of carbonyl (C=O) groups is 1. The Morgan fingerprint density at radius 1 is 1.50 bits per heavy atom. The molecule has 0 unspecified atom stereocenters. The van der Waals surface area contributed by atoms with Crippen LogP contribution in [0.1, 0.15) is 16.2 Å². The molecule has 0 saturated carbocycles. The summed E-state index contributed by atoms with van der Waals surface area (Å²) in [6, 6.07) is 5.17. The number of carboxylic acids is 1. The van der Waals surface area contributed by atoms with Crippen molar-refractivity contribution in [1.82, 2.24) is 20.2 Å². The summed E-state index contributed by atoms with van der Waals surface area (Å²) in [5.41, 5.74) is 1.48. The summed E-state index contributed by atoms with van der Waals surface area (Å²) in [6.07, 6.45) is 0. The lowest BCUT2D eigenvalue weighted by Crippen LogP contribution is -2.03. The van der Waals surface area contributed by atoms with Gasteiger partial charge >= 0.3 is 5.97 Å². The summed E-state index contributed by atoms with van der Waals surface area (Å²) >= 11 is 5.83. The number of aryl methyl sites for hydroxylation is 1. The van der Waals surface area contributed by atoms with Crippen molar-refractivity contribution in [3.63, 3.8) is 0 Å². The molecule has 0 aliphatic heterocycles. The molecule has 0 aliphatic carbocycles. The van der Waals surface area contributed by atoms with Gasteiger partial charge in [0.1, 0.15) is 0 Å². The van der Waals surface area contributed by atoms with Crippen LogP contribution in [0.5, 0.6) is 0 Å². The first-order chi connectivity index (χ1) is 7.58. The number of nitrogens with zero attached hydrogens (tertiary/aromatic N) is 4. The number of aromatic carboxylic acids is 1. The third-order valence-corrected chi connectivity index (χ3v) is 2.23. The molecule has 82 valence electrons. The average molecular weight is 239 g/mol. The third-order valence-electron chi connectivity index (χ3n) is 1.99. The molecule has 0 aliphatic rings. The molecule has 2 aromatic rings. The van der Waals surface area contributed by atoms with Gasteiger partial charge < -0.3 is 5.11 Å². The quantitative estimate of drug-likeness (QED) is 0.853. The first-order valence-corrected chi connectivity index (χ1v) is 4.75. The second-order valence-corrected chi connectivity index (χ2v) is 3.57. The van der Waals surface area contributed by atoms with Gasteiger partial charge in [-0.25, -0.2) is 4.79 Å². The molecule has 0 bridgehead atoms. The first kappa shape index (κ1) is 10.6. The van der Waals surface area contributed by atoms with Gasteiger partial charge in [0.2, 0.25) is 0 Å². The summed E-state index contributed by atoms with van der Waals surface area (Å²) in [5, 5.41) is 20.0. The molecule has 0 amide bonds. The van der Waals surface area contributed by atoms with Crippen LogP contribution in [0.3, 0.4) is 0 Å². The van der Waals surface area contributed by atoms with Crippen LogP contribution in [0, 0.1) is 6.92 Å². The Bertz CT molecular complexity index is 552. The number of hydrogen-bond acceptors (Lipinski definition) is 4. The van der Waals surface area contributed by atoms with Crippen molar-refractivity contribution >= 4 is 17.6 Å². The van der Waals surface area contributed by atoms with Crippen LogP contribution >= 0.6 is 11.6 Å². The van der Waals surface area contributed by atoms with Crippen molar-refractivity contribution in [3.8, 4) is 5.69 Å². The highest BCUT2D eigenvalue weighted by Crippen LogP contribution is 2.17. The van der Waals surface area contributed by atoms with E-state index in [0.717, 1.165) is 10.4 Å². The Morgan fingerprint density at radius 3 is 2.88 bits per heavy atom. The highest BCUT2D eigenvalue weighted by atomic mass is 35.5. The fourth-order valence-electron chi connectivity index (χ4n) is 1.20. The van der Waals surface area contributed by atoms with E-state index in [2.05, 4.69) is 15.4 Å². The Morgan fingerprint density at radius 2 is 2.25 bits per heavy atom. The van der Waals surface area contributed by atoms with Gasteiger partial charge in [0.05, 0.1) is 5.69 Å². The molecule has 7 heteroatoms. The Labute approximate surface area is 95.5 Å². The number of tetrazole rings is 1. The van der Waals surface area contributed by atoms with Gasteiger partial charge in [-0.1, -0.05) is 17.7 Å². The van der Waals surface area contributed by atoms with E-state index in [0.29, 0.717) is 10.7 Å². The summed E-state index contributed by atoms with van der Waals surface area (Å²) in [6.45, 7) is 1.84. The minimum absolute atomic E-state index is 0.348. The van der Waals surface area contributed by atoms with Gasteiger partial charge in [0.25, 0.3) is 5.82 Å². The van der Waals surface area contributed by atoms with Crippen molar-refractivity contribution in [2.75, 3.05) is 0 Å². The molecular formula is C9H7ClN4O2. The molecule has 0 spiro atoms. The molecule has 16 heavy (non-hydrogen) atoms. The van der Waals surface area contributed by atoms with E-state index < -0.39 is 5.97 Å². The topological polar surface area (TPSA) is 80.9 Å². The van der Waals surface area contributed by atoms with Crippen LogP contribution < -0.4 is 0 Å². The molecule has 1 N–H and O–H groups in total. The molecule has 1 heterocycles. The molecule has 6 nitrogen and oxygen atoms in total. The average Bonchev–Trinajstić information content (AvgIpc) is 2.70. The van der Waals surface area contributed by atoms with Crippen molar-refractivity contribution in [2.45, 2.75) is 6.92 Å². The Kier molecular flexibility index (Phi) is 2.57. The number of carboxylic acid groups (broad SMARTS) is 1. The lowest BCUT2D eigenvalue weighted by atomic mass is 10.2. The standard InChI is InChI=1S/C9H7ClN4O2/c1-5-2-3-6(10)4-7(5)14-12-8(9(15)16)11-13-14/h2-4H,1H3,(H,15,16). The predicted molar refractivity (Wildman–Crippen MR) is 55.9 cm³/mol. The van der Waals surface area contributed by atoms with Crippen LogP contribution in [-0.2, 0) is 0 Å². The van der Waals surface area contributed by atoms with E-state index in [9.17, 15) is 4.79 Å². The fourth-order valence-corrected chi connectivity index (χ4v) is 1.37. The van der Waals surface area contributed by atoms with Crippen LogP contribution in [0.15, 0.2) is 18.2 Å². The zero-order valence-electron chi connectivity index (χ0n) is 8.25. The molecule has 2 rings (SSSR count). The predicted octanol–water partition coefficient (Wildman–Crippen LogP) is 1.32. The Hall–Kier alpha value is -1.95. The summed E-state index contributed by atoms with van der Waals surface area (Å²) in [5.74, 6) is -1.56. The number of aromatic nitrogens is 4. The van der Waals surface area contributed by atoms with Crippen LogP contribution in [0.25, 0.3) is 5.69 Å². The van der Waals surface area contributed by atoms with Gasteiger partial charge in [-0.15, -0.1) is 15.0 Å². The van der Waals surface area contributed by atoms with E-state index in [1.807, 2.05) is 6.92 Å². The zero-order chi connectivity index (χ0) is 11.7. The molecule has 0 radical (unpaired) electrons. The second-order valence-electron chi connectivity index (χ2n) is 3.14. The maximum absolute atomic E-state index is 10.6. The van der Waals surface area contributed by atoms with E-state index >= 15 is 0 Å². The molecule has 1 aromatic carbocycles. The van der Waals surface area contributed by atoms with Crippen molar-refractivity contribution < 1.29 is 9.90 Å². The fraction of sp³-hybridized carbons (Fsp3) is 0.111. The molecule has 1 aromatic heterocycles. The highest BCUT2D eigenvalue weighted by Gasteiger charge is 2.12. The van der Waals surface area contributed by atoms with Crippen LogP contribution in [0.2, 0.25) is 5.02 Å². The van der Waals surface area contributed by atoms with Gasteiger partial charge in [0, 0.05) is 5.02 Å². The van der Waals surface area contributed by atoms with Crippen LogP contribution in [0.4, 0.5) is 0 Å². The summed E-state index contributed by atoms with van der Waals surface area (Å²) in [7, 11) is 0. The van der Waals surface area contributed by atoms with Gasteiger partial charge in [-0.3, -0.25) is 0 Å². The number of hydrogen-bond donors (Lipinski definition) is 1. The maximum Gasteiger partial charge on any atom is 0.377 e. The largest absolute Gasteiger partial charge is 0.475 e. The monoisotopic (exact) mass is 238 g/mol. The van der Waals surface area contributed by atoms with Crippen LogP contribution in [-0.4, -0.2) is 31.3 Å². The van der Waals surface area contributed by atoms with Crippen molar-refractivity contribution in [2.24, 2.45) is 0 Å². The highest BCUT2D eigenvalue weighted by molar-refractivity contribution is 6.30. The lowest BCUT2D eigenvalue weighted by Gasteiger charge is -2.02. The third kappa shape index (κ3) is 1.87. The maximum atomic E-state index is 10.6. The number of halogens is 1. The molecule has 0 saturated heterocycles. The minimum atomic E-state index is -1.22. The van der Waals surface area contributed by atoms with E-state index in [1.165, 1.54) is 0 Å². The molecule has 0 fully saturated rings. The van der Waals surface area contributed by atoms with Gasteiger partial charge in [-0.2, -0.15) is 0 Å². The smallest absolute Gasteiger partial charge is 0.377 e. The zero-order valence-corrected chi connectivity index (χ0v) is 9.01. The summed E-state index contributed by atoms with van der Waals surface area (Å²) in [4.78, 5) is 11.7. The lowest BCUT2D eigenvalue weighted by molar-refractivity contribution is 0.0683. The van der Waals surface area contributed by atoms with E-state index in [-0.39, 0.29) is 5.82 Å². The SMILES string of the molecule is Cc1ccc(Cl)cc1-n1nnc(C(=O)O)n1. The molecular weight excluding hydrogens is 232 g/mol. The van der Waals surface area contributed by atoms with E-state index in [1.54, 1.807) is 18.2 Å². The number of rotatable bonds is 2. The van der Waals surface area contributed by atoms with E-state index in [4.69, 9.17) is 16.7 Å². The first-order valence-electron chi connectivity index (χ1n) is 4.38. The summed E-state index contributed by atoms with van der Waals surface area (Å²) < 4.78 is 0. The molecule has 0 atom stereocenters. The van der Waals surface area contributed by atoms with Crippen molar-refractivity contribution in [3.05, 3.63) is 34.6 Å². The number of benzene rings is 1. The second kappa shape index (κ2) is 3.90.